The number of carbonyl (C=O) groups is 2. The number of amides is 1. The Hall–Kier alpha value is -1.88. The number of aliphatic carboxylic acids is 1. The molecular weight excluding hydrogens is 294 g/mol. The Balaban J connectivity index is 1.60. The number of nitrogens with zero attached hydrogens (tertiary/aromatic N) is 1. The van der Waals surface area contributed by atoms with Gasteiger partial charge in [-0.15, -0.1) is 0 Å². The van der Waals surface area contributed by atoms with Crippen LogP contribution in [0.3, 0.4) is 0 Å². The second kappa shape index (κ2) is 6.71. The van der Waals surface area contributed by atoms with Gasteiger partial charge in [0.15, 0.2) is 6.10 Å². The molecule has 5 nitrogen and oxygen atoms in total. The Morgan fingerprint density at radius 2 is 2.00 bits per heavy atom. The van der Waals surface area contributed by atoms with E-state index in [2.05, 4.69) is 18.2 Å². The van der Waals surface area contributed by atoms with Gasteiger partial charge in [-0.1, -0.05) is 24.3 Å². The summed E-state index contributed by atoms with van der Waals surface area (Å²) < 4.78 is 5.37. The maximum atomic E-state index is 12.6. The van der Waals surface area contributed by atoms with Gasteiger partial charge in [-0.25, -0.2) is 4.79 Å². The summed E-state index contributed by atoms with van der Waals surface area (Å²) in [4.78, 5) is 25.4. The van der Waals surface area contributed by atoms with Gasteiger partial charge in [-0.05, 0) is 43.2 Å². The lowest BCUT2D eigenvalue weighted by Gasteiger charge is -2.36. The zero-order valence-corrected chi connectivity index (χ0v) is 13.4. The first-order chi connectivity index (χ1) is 11.0. The highest BCUT2D eigenvalue weighted by atomic mass is 16.5. The van der Waals surface area contributed by atoms with Crippen molar-refractivity contribution in [3.8, 4) is 0 Å². The first-order valence-electron chi connectivity index (χ1n) is 8.25. The van der Waals surface area contributed by atoms with Gasteiger partial charge in [0, 0.05) is 13.0 Å². The monoisotopic (exact) mass is 317 g/mol. The molecule has 124 valence electrons. The van der Waals surface area contributed by atoms with Crippen molar-refractivity contribution in [1.82, 2.24) is 4.90 Å². The predicted octanol–water partition coefficient (Wildman–Crippen LogP) is 1.88. The summed E-state index contributed by atoms with van der Waals surface area (Å²) in [7, 11) is 0. The summed E-state index contributed by atoms with van der Waals surface area (Å²) in [6.07, 6.45) is 2.32. The summed E-state index contributed by atoms with van der Waals surface area (Å²) >= 11 is 0. The minimum Gasteiger partial charge on any atom is -0.479 e. The number of benzene rings is 1. The van der Waals surface area contributed by atoms with Gasteiger partial charge in [-0.2, -0.15) is 0 Å². The average Bonchev–Trinajstić information content (AvgIpc) is 2.54. The van der Waals surface area contributed by atoms with Crippen LogP contribution in [0.1, 0.15) is 30.9 Å². The molecule has 0 spiro atoms. The third-order valence-electron chi connectivity index (χ3n) is 4.80. The van der Waals surface area contributed by atoms with Gasteiger partial charge in [0.05, 0.1) is 12.6 Å². The summed E-state index contributed by atoms with van der Waals surface area (Å²) in [5.41, 5.74) is 2.73. The van der Waals surface area contributed by atoms with E-state index in [0.717, 1.165) is 19.3 Å². The first-order valence-corrected chi connectivity index (χ1v) is 8.25. The minimum atomic E-state index is -0.999. The molecule has 1 aliphatic carbocycles. The number of hydrogen-bond acceptors (Lipinski definition) is 3. The third-order valence-corrected chi connectivity index (χ3v) is 4.80. The SMILES string of the molecule is C[C@@H]1CN(C(=O)CC2CCc3ccccc3C2)CC(C(=O)O)O1. The van der Waals surface area contributed by atoms with Crippen molar-refractivity contribution in [2.45, 2.75) is 44.8 Å². The molecule has 23 heavy (non-hydrogen) atoms. The normalized spacial score (nSPS) is 27.3. The molecule has 3 atom stereocenters. The molecule has 1 fully saturated rings. The Kier molecular flexibility index (Phi) is 4.66. The molecule has 1 aromatic carbocycles. The summed E-state index contributed by atoms with van der Waals surface area (Å²) in [6, 6.07) is 8.41. The van der Waals surface area contributed by atoms with Crippen LogP contribution in [0, 0.1) is 5.92 Å². The van der Waals surface area contributed by atoms with E-state index in [-0.39, 0.29) is 18.6 Å². The quantitative estimate of drug-likeness (QED) is 0.924. The van der Waals surface area contributed by atoms with Crippen molar-refractivity contribution < 1.29 is 19.4 Å². The molecule has 1 saturated heterocycles. The Morgan fingerprint density at radius 1 is 1.26 bits per heavy atom. The Labute approximate surface area is 136 Å². The second-order valence-electron chi connectivity index (χ2n) is 6.65. The van der Waals surface area contributed by atoms with E-state index < -0.39 is 12.1 Å². The van der Waals surface area contributed by atoms with Crippen LogP contribution >= 0.6 is 0 Å². The molecule has 2 aliphatic rings. The minimum absolute atomic E-state index is 0.0516. The van der Waals surface area contributed by atoms with E-state index in [9.17, 15) is 9.59 Å². The van der Waals surface area contributed by atoms with Crippen LogP contribution in [0.2, 0.25) is 0 Å². The van der Waals surface area contributed by atoms with Gasteiger partial charge < -0.3 is 14.7 Å². The number of morpholine rings is 1. The number of ether oxygens (including phenoxy) is 1. The number of carbonyl (C=O) groups excluding carboxylic acids is 1. The fourth-order valence-electron chi connectivity index (χ4n) is 3.61. The van der Waals surface area contributed by atoms with Crippen molar-refractivity contribution in [2.75, 3.05) is 13.1 Å². The van der Waals surface area contributed by atoms with Crippen molar-refractivity contribution in [2.24, 2.45) is 5.92 Å². The van der Waals surface area contributed by atoms with E-state index in [1.165, 1.54) is 11.1 Å². The van der Waals surface area contributed by atoms with E-state index in [1.54, 1.807) is 4.90 Å². The van der Waals surface area contributed by atoms with Crippen LogP contribution in [-0.2, 0) is 27.2 Å². The second-order valence-corrected chi connectivity index (χ2v) is 6.65. The Morgan fingerprint density at radius 3 is 2.74 bits per heavy atom. The van der Waals surface area contributed by atoms with E-state index in [1.807, 2.05) is 13.0 Å². The van der Waals surface area contributed by atoms with Gasteiger partial charge in [0.1, 0.15) is 0 Å². The summed E-state index contributed by atoms with van der Waals surface area (Å²) in [5.74, 6) is -0.601. The zero-order chi connectivity index (χ0) is 16.4. The third kappa shape index (κ3) is 3.72. The van der Waals surface area contributed by atoms with Crippen molar-refractivity contribution in [3.05, 3.63) is 35.4 Å². The van der Waals surface area contributed by atoms with Gasteiger partial charge in [0.25, 0.3) is 0 Å². The highest BCUT2D eigenvalue weighted by Gasteiger charge is 2.33. The molecule has 1 amide bonds. The van der Waals surface area contributed by atoms with Crippen LogP contribution in [0.4, 0.5) is 0 Å². The van der Waals surface area contributed by atoms with Crippen LogP contribution in [0.5, 0.6) is 0 Å². The number of hydrogen-bond donors (Lipinski definition) is 1. The predicted molar refractivity (Wildman–Crippen MR) is 85.1 cm³/mol. The molecule has 0 saturated carbocycles. The molecule has 5 heteroatoms. The number of carboxylic acids is 1. The van der Waals surface area contributed by atoms with E-state index >= 15 is 0 Å². The average molecular weight is 317 g/mol. The fourth-order valence-corrected chi connectivity index (χ4v) is 3.61. The Bertz CT molecular complexity index is 600. The van der Waals surface area contributed by atoms with Crippen molar-refractivity contribution >= 4 is 11.9 Å². The van der Waals surface area contributed by atoms with E-state index in [0.29, 0.717) is 18.9 Å². The number of fused-ring (bicyclic) bond motifs is 1. The van der Waals surface area contributed by atoms with Crippen LogP contribution in [0.15, 0.2) is 24.3 Å². The summed E-state index contributed by atoms with van der Waals surface area (Å²) in [6.45, 7) is 2.44. The first kappa shape index (κ1) is 16.0. The van der Waals surface area contributed by atoms with Crippen LogP contribution < -0.4 is 0 Å². The van der Waals surface area contributed by atoms with E-state index in [4.69, 9.17) is 9.84 Å². The number of rotatable bonds is 3. The summed E-state index contributed by atoms with van der Waals surface area (Å²) in [5, 5.41) is 9.12. The zero-order valence-electron chi connectivity index (χ0n) is 13.4. The molecule has 1 heterocycles. The highest BCUT2D eigenvalue weighted by molar-refractivity contribution is 5.79. The lowest BCUT2D eigenvalue weighted by molar-refractivity contribution is -0.166. The standard InChI is InChI=1S/C18H23NO4/c1-12-10-19(11-16(23-12)18(21)22)17(20)9-13-6-7-14-4-2-3-5-15(14)8-13/h2-5,12-13,16H,6-11H2,1H3,(H,21,22)/t12-,13?,16?/m1/s1. The lowest BCUT2D eigenvalue weighted by Crippen LogP contribution is -2.52. The molecule has 0 bridgehead atoms. The van der Waals surface area contributed by atoms with Crippen LogP contribution in [-0.4, -0.2) is 47.2 Å². The molecule has 0 radical (unpaired) electrons. The molecule has 2 unspecified atom stereocenters. The largest absolute Gasteiger partial charge is 0.479 e. The van der Waals surface area contributed by atoms with Gasteiger partial charge >= 0.3 is 5.97 Å². The molecular formula is C18H23NO4. The molecule has 1 aliphatic heterocycles. The molecule has 3 rings (SSSR count). The smallest absolute Gasteiger partial charge is 0.334 e. The fraction of sp³-hybridized carbons (Fsp3) is 0.556. The number of carboxylic acid groups (broad SMARTS) is 1. The molecule has 0 aromatic heterocycles. The molecule has 1 N–H and O–H groups in total. The van der Waals surface area contributed by atoms with Crippen molar-refractivity contribution in [1.29, 1.82) is 0 Å². The molecule has 1 aromatic rings. The van der Waals surface area contributed by atoms with Crippen LogP contribution in [0.25, 0.3) is 0 Å². The topological polar surface area (TPSA) is 66.8 Å². The van der Waals surface area contributed by atoms with Gasteiger partial charge in [-0.3, -0.25) is 4.79 Å². The van der Waals surface area contributed by atoms with Crippen molar-refractivity contribution in [3.63, 3.8) is 0 Å². The van der Waals surface area contributed by atoms with Gasteiger partial charge in [0.2, 0.25) is 5.91 Å². The number of aryl methyl sites for hydroxylation is 1. The maximum Gasteiger partial charge on any atom is 0.334 e. The maximum absolute atomic E-state index is 12.6. The lowest BCUT2D eigenvalue weighted by atomic mass is 9.82. The highest BCUT2D eigenvalue weighted by Crippen LogP contribution is 2.28.